The molecule has 0 aliphatic rings. The number of nitrogens with one attached hydrogen (secondary N) is 1. The number of halogens is 1. The first-order valence-electron chi connectivity index (χ1n) is 5.61. The van der Waals surface area contributed by atoms with Gasteiger partial charge in [0.05, 0.1) is 5.69 Å². The van der Waals surface area contributed by atoms with Crippen molar-refractivity contribution in [1.82, 2.24) is 4.72 Å². The summed E-state index contributed by atoms with van der Waals surface area (Å²) in [4.78, 5) is 0.0483. The first-order chi connectivity index (χ1) is 8.74. The Balaban J connectivity index is 2.76. The van der Waals surface area contributed by atoms with Crippen LogP contribution in [0.3, 0.4) is 0 Å². The molecule has 0 saturated carbocycles. The van der Waals surface area contributed by atoms with Crippen LogP contribution in [0.4, 0.5) is 5.69 Å². The molecule has 2 unspecified atom stereocenters. The summed E-state index contributed by atoms with van der Waals surface area (Å²) in [6.45, 7) is 2.05. The Morgan fingerprint density at radius 2 is 2.11 bits per heavy atom. The molecule has 3 N–H and O–H groups in total. The van der Waals surface area contributed by atoms with Crippen molar-refractivity contribution in [3.8, 4) is 0 Å². The zero-order valence-electron chi connectivity index (χ0n) is 10.7. The Morgan fingerprint density at radius 1 is 1.47 bits per heavy atom. The van der Waals surface area contributed by atoms with Crippen molar-refractivity contribution in [2.75, 3.05) is 18.5 Å². The maximum atomic E-state index is 12.1. The SMILES string of the molecule is CC(CCNS(=O)(=O)c1cc(Br)ccc1N)S(C)=O. The fourth-order valence-electron chi connectivity index (χ4n) is 1.38. The molecule has 2 atom stereocenters. The van der Waals surface area contributed by atoms with Crippen molar-refractivity contribution >= 4 is 42.4 Å². The standard InChI is InChI=1S/C11H17BrN2O3S2/c1-8(18(2)15)5-6-14-19(16,17)11-7-9(12)3-4-10(11)13/h3-4,7-8,14H,5-6,13H2,1-2H3. The minimum absolute atomic E-state index is 0.0483. The highest BCUT2D eigenvalue weighted by atomic mass is 79.9. The quantitative estimate of drug-likeness (QED) is 0.743. The van der Waals surface area contributed by atoms with E-state index in [1.165, 1.54) is 12.1 Å². The highest BCUT2D eigenvalue weighted by molar-refractivity contribution is 9.10. The van der Waals surface area contributed by atoms with Crippen molar-refractivity contribution in [3.63, 3.8) is 0 Å². The second-order valence-corrected chi connectivity index (χ2v) is 8.63. The van der Waals surface area contributed by atoms with Crippen LogP contribution in [0.25, 0.3) is 0 Å². The highest BCUT2D eigenvalue weighted by Crippen LogP contribution is 2.22. The minimum atomic E-state index is -3.64. The third kappa shape index (κ3) is 4.87. The summed E-state index contributed by atoms with van der Waals surface area (Å²) in [7, 11) is -4.60. The van der Waals surface area contributed by atoms with Gasteiger partial charge in [0.2, 0.25) is 10.0 Å². The summed E-state index contributed by atoms with van der Waals surface area (Å²) in [6.07, 6.45) is 2.11. The van der Waals surface area contributed by atoms with Crippen LogP contribution in [-0.2, 0) is 20.8 Å². The third-order valence-electron chi connectivity index (χ3n) is 2.67. The second-order valence-electron chi connectivity index (χ2n) is 4.18. The molecule has 108 valence electrons. The molecule has 0 aliphatic heterocycles. The maximum Gasteiger partial charge on any atom is 0.242 e. The molecule has 1 aromatic carbocycles. The van der Waals surface area contributed by atoms with Gasteiger partial charge in [0.25, 0.3) is 0 Å². The molecule has 19 heavy (non-hydrogen) atoms. The van der Waals surface area contributed by atoms with Gasteiger partial charge in [-0.3, -0.25) is 4.21 Å². The van der Waals surface area contributed by atoms with E-state index in [0.29, 0.717) is 10.9 Å². The van der Waals surface area contributed by atoms with Gasteiger partial charge < -0.3 is 5.73 Å². The molecule has 0 bridgehead atoms. The first kappa shape index (κ1) is 16.6. The normalized spacial score (nSPS) is 15.1. The Labute approximate surface area is 124 Å². The van der Waals surface area contributed by atoms with Crippen molar-refractivity contribution in [2.24, 2.45) is 0 Å². The Bertz CT molecular complexity index is 575. The van der Waals surface area contributed by atoms with Crippen LogP contribution in [0.1, 0.15) is 13.3 Å². The molecule has 5 nitrogen and oxygen atoms in total. The number of hydrogen-bond donors (Lipinski definition) is 2. The van der Waals surface area contributed by atoms with E-state index in [2.05, 4.69) is 20.7 Å². The van der Waals surface area contributed by atoms with Gasteiger partial charge in [-0.1, -0.05) is 22.9 Å². The maximum absolute atomic E-state index is 12.1. The molecule has 1 aromatic rings. The van der Waals surface area contributed by atoms with E-state index in [9.17, 15) is 12.6 Å². The summed E-state index contributed by atoms with van der Waals surface area (Å²) >= 11 is 3.21. The van der Waals surface area contributed by atoms with Crippen LogP contribution in [-0.4, -0.2) is 30.7 Å². The zero-order chi connectivity index (χ0) is 14.6. The lowest BCUT2D eigenvalue weighted by Gasteiger charge is -2.11. The van der Waals surface area contributed by atoms with Crippen molar-refractivity contribution < 1.29 is 12.6 Å². The van der Waals surface area contributed by atoms with Crippen molar-refractivity contribution in [3.05, 3.63) is 22.7 Å². The van der Waals surface area contributed by atoms with Crippen LogP contribution in [0.5, 0.6) is 0 Å². The van der Waals surface area contributed by atoms with E-state index in [0.717, 1.165) is 0 Å². The molecule has 0 heterocycles. The van der Waals surface area contributed by atoms with E-state index in [4.69, 9.17) is 5.73 Å². The lowest BCUT2D eigenvalue weighted by Crippen LogP contribution is -2.28. The summed E-state index contributed by atoms with van der Waals surface area (Å²) < 4.78 is 38.4. The molecule has 0 saturated heterocycles. The van der Waals surface area contributed by atoms with Crippen molar-refractivity contribution in [1.29, 1.82) is 0 Å². The predicted octanol–water partition coefficient (Wildman–Crippen LogP) is 1.47. The molecular weight excluding hydrogens is 352 g/mol. The molecular formula is C11H17BrN2O3S2. The topological polar surface area (TPSA) is 89.3 Å². The predicted molar refractivity (Wildman–Crippen MR) is 81.9 cm³/mol. The molecule has 0 radical (unpaired) electrons. The summed E-state index contributed by atoms with van der Waals surface area (Å²) in [5, 5.41) is -0.0532. The largest absolute Gasteiger partial charge is 0.398 e. The smallest absolute Gasteiger partial charge is 0.242 e. The molecule has 0 spiro atoms. The summed E-state index contributed by atoms with van der Waals surface area (Å²) in [5.74, 6) is 0. The Hall–Kier alpha value is -0.440. The van der Waals surface area contributed by atoms with Gasteiger partial charge >= 0.3 is 0 Å². The van der Waals surface area contributed by atoms with Crippen molar-refractivity contribution in [2.45, 2.75) is 23.5 Å². The molecule has 0 aromatic heterocycles. The number of nitrogen functional groups attached to an aromatic ring is 1. The van der Waals surface area contributed by atoms with Gasteiger partial charge in [0.1, 0.15) is 4.90 Å². The van der Waals surface area contributed by atoms with E-state index >= 15 is 0 Å². The number of sulfonamides is 1. The number of anilines is 1. The number of hydrogen-bond acceptors (Lipinski definition) is 4. The zero-order valence-corrected chi connectivity index (χ0v) is 13.9. The lowest BCUT2D eigenvalue weighted by atomic mass is 10.3. The third-order valence-corrected chi connectivity index (χ3v) is 6.05. The van der Waals surface area contributed by atoms with Gasteiger partial charge in [0, 0.05) is 33.3 Å². The van der Waals surface area contributed by atoms with Gasteiger partial charge in [-0.15, -0.1) is 0 Å². The second kappa shape index (κ2) is 6.83. The molecule has 0 amide bonds. The molecule has 8 heteroatoms. The number of rotatable bonds is 6. The van der Waals surface area contributed by atoms with E-state index in [1.54, 1.807) is 12.3 Å². The summed E-state index contributed by atoms with van der Waals surface area (Å²) in [5.41, 5.74) is 5.86. The molecule has 0 aliphatic carbocycles. The Kier molecular flexibility index (Phi) is 5.97. The molecule has 1 rings (SSSR count). The Morgan fingerprint density at radius 3 is 2.68 bits per heavy atom. The van der Waals surface area contributed by atoms with Crippen LogP contribution < -0.4 is 10.5 Å². The van der Waals surface area contributed by atoms with E-state index < -0.39 is 20.8 Å². The minimum Gasteiger partial charge on any atom is -0.398 e. The fraction of sp³-hybridized carbons (Fsp3) is 0.455. The number of nitrogens with two attached hydrogens (primary N) is 1. The van der Waals surface area contributed by atoms with Crippen LogP contribution >= 0.6 is 15.9 Å². The van der Waals surface area contributed by atoms with Gasteiger partial charge in [-0.25, -0.2) is 13.1 Å². The van der Waals surface area contributed by atoms with Gasteiger partial charge in [0.15, 0.2) is 0 Å². The average molecular weight is 369 g/mol. The fourth-order valence-corrected chi connectivity index (χ4v) is 3.55. The monoisotopic (exact) mass is 368 g/mol. The highest BCUT2D eigenvalue weighted by Gasteiger charge is 2.18. The van der Waals surface area contributed by atoms with E-state index in [1.807, 2.05) is 6.92 Å². The molecule has 0 fully saturated rings. The van der Waals surface area contributed by atoms with E-state index in [-0.39, 0.29) is 22.4 Å². The number of benzene rings is 1. The van der Waals surface area contributed by atoms with Crippen LogP contribution in [0.15, 0.2) is 27.6 Å². The lowest BCUT2D eigenvalue weighted by molar-refractivity contribution is 0.578. The van der Waals surface area contributed by atoms with Crippen LogP contribution in [0.2, 0.25) is 0 Å². The first-order valence-corrected chi connectivity index (χ1v) is 9.50. The average Bonchev–Trinajstić information content (AvgIpc) is 2.31. The summed E-state index contributed by atoms with van der Waals surface area (Å²) in [6, 6.07) is 4.66. The van der Waals surface area contributed by atoms with Crippen LogP contribution in [0, 0.1) is 0 Å². The van der Waals surface area contributed by atoms with Gasteiger partial charge in [-0.05, 0) is 24.6 Å². The van der Waals surface area contributed by atoms with Gasteiger partial charge in [-0.2, -0.15) is 0 Å².